The van der Waals surface area contributed by atoms with Crippen LogP contribution in [0.3, 0.4) is 0 Å². The fourth-order valence-electron chi connectivity index (χ4n) is 4.89. The summed E-state index contributed by atoms with van der Waals surface area (Å²) in [4.78, 5) is 12.3. The molecule has 3 aliphatic carbocycles. The van der Waals surface area contributed by atoms with Crippen LogP contribution in [0.4, 0.5) is 0 Å². The molecule has 25 heavy (non-hydrogen) atoms. The molecule has 0 N–H and O–H groups in total. The Kier molecular flexibility index (Phi) is 4.97. The molecule has 1 aromatic rings. The van der Waals surface area contributed by atoms with Gasteiger partial charge in [0.25, 0.3) is 10.4 Å². The zero-order valence-electron chi connectivity index (χ0n) is 14.4. The molecule has 3 atom stereocenters. The number of rotatable bonds is 2. The molecule has 0 aliphatic heterocycles. The Morgan fingerprint density at radius 1 is 1.28 bits per heavy atom. The molecule has 1 aromatic carbocycles. The maximum Gasteiger partial charge on any atom is 1.00 e. The van der Waals surface area contributed by atoms with Crippen molar-refractivity contribution in [3.8, 4) is 5.75 Å². The Balaban J connectivity index is 0.00000182. The van der Waals surface area contributed by atoms with Gasteiger partial charge in [0.05, 0.1) is 0 Å². The molecule has 2 saturated carbocycles. The standard InChI is InChI=1S/C18H20O5S.Na/c1-18-9-8-14-13-5-3-12(23-24(20,21)22)10-11(13)2-4-15(14)16(18)6-7-17(18)19;/h3-5,10,14,16H,2,6-9H2,1H3,(H,20,21,22);/q;+1/p-1/t14-,16+,18-;/m0./s1. The maximum absolute atomic E-state index is 12.3. The number of carbonyl (C=O) groups excluding carboxylic acids is 1. The van der Waals surface area contributed by atoms with Crippen LogP contribution in [0.2, 0.25) is 0 Å². The van der Waals surface area contributed by atoms with E-state index in [1.165, 1.54) is 11.1 Å². The molecule has 0 saturated heterocycles. The van der Waals surface area contributed by atoms with Gasteiger partial charge < -0.3 is 8.74 Å². The van der Waals surface area contributed by atoms with Crippen molar-refractivity contribution < 1.29 is 51.5 Å². The Morgan fingerprint density at radius 2 is 2.04 bits per heavy atom. The normalized spacial score (nSPS) is 30.5. The van der Waals surface area contributed by atoms with Crippen molar-refractivity contribution in [2.45, 2.75) is 44.9 Å². The van der Waals surface area contributed by atoms with Crippen LogP contribution in [-0.2, 0) is 21.6 Å². The Hall–Kier alpha value is -0.660. The van der Waals surface area contributed by atoms with Crippen molar-refractivity contribution in [1.82, 2.24) is 0 Å². The number of allylic oxidation sites excluding steroid dienone is 2. The molecule has 2 fully saturated rings. The van der Waals surface area contributed by atoms with Crippen molar-refractivity contribution in [3.63, 3.8) is 0 Å². The quantitative estimate of drug-likeness (QED) is 0.314. The van der Waals surface area contributed by atoms with E-state index in [0.29, 0.717) is 24.5 Å². The van der Waals surface area contributed by atoms with Crippen LogP contribution in [0.5, 0.6) is 5.75 Å². The van der Waals surface area contributed by atoms with E-state index in [1.54, 1.807) is 12.1 Å². The summed E-state index contributed by atoms with van der Waals surface area (Å²) in [6.45, 7) is 2.11. The average molecular weight is 370 g/mol. The van der Waals surface area contributed by atoms with E-state index in [9.17, 15) is 17.8 Å². The summed E-state index contributed by atoms with van der Waals surface area (Å²) in [6.07, 6.45) is 6.30. The summed E-state index contributed by atoms with van der Waals surface area (Å²) >= 11 is 0. The molecule has 128 valence electrons. The monoisotopic (exact) mass is 370 g/mol. The van der Waals surface area contributed by atoms with E-state index >= 15 is 0 Å². The molecule has 0 amide bonds. The maximum atomic E-state index is 12.3. The fourth-order valence-corrected chi connectivity index (χ4v) is 5.23. The van der Waals surface area contributed by atoms with Crippen LogP contribution in [0.1, 0.15) is 49.7 Å². The Bertz CT molecular complexity index is 860. The van der Waals surface area contributed by atoms with Gasteiger partial charge in [-0.25, -0.2) is 8.42 Å². The number of hydrogen-bond acceptors (Lipinski definition) is 5. The second kappa shape index (κ2) is 6.50. The zero-order valence-corrected chi connectivity index (χ0v) is 17.3. The van der Waals surface area contributed by atoms with Crippen molar-refractivity contribution in [2.24, 2.45) is 11.3 Å². The van der Waals surface area contributed by atoms with Gasteiger partial charge in [-0.1, -0.05) is 24.6 Å². The summed E-state index contributed by atoms with van der Waals surface area (Å²) in [5, 5.41) is 0. The minimum Gasteiger partial charge on any atom is -0.716 e. The molecule has 0 radical (unpaired) electrons. The van der Waals surface area contributed by atoms with Gasteiger partial charge in [-0.3, -0.25) is 4.79 Å². The molecule has 3 aliphatic rings. The molecular weight excluding hydrogens is 351 g/mol. The van der Waals surface area contributed by atoms with Gasteiger partial charge in [0.1, 0.15) is 11.5 Å². The molecule has 0 unspecified atom stereocenters. The number of fused-ring (bicyclic) bond motifs is 5. The van der Waals surface area contributed by atoms with E-state index in [-0.39, 0.29) is 46.6 Å². The van der Waals surface area contributed by atoms with Gasteiger partial charge in [0.2, 0.25) is 0 Å². The van der Waals surface area contributed by atoms with Gasteiger partial charge in [-0.05, 0) is 54.9 Å². The number of carbonyl (C=O) groups is 1. The molecular formula is C18H19NaO5S. The SMILES string of the molecule is C[C@]12CC[C@@H]3C(=CCc4cc(OS(=O)(=O)[O-])ccc43)[C@H]1CCC2=O.[Na+]. The summed E-state index contributed by atoms with van der Waals surface area (Å²) < 4.78 is 36.8. The summed E-state index contributed by atoms with van der Waals surface area (Å²) in [6, 6.07) is 5.06. The van der Waals surface area contributed by atoms with Crippen molar-refractivity contribution >= 4 is 16.2 Å². The molecule has 5 nitrogen and oxygen atoms in total. The first kappa shape index (κ1) is 19.1. The predicted molar refractivity (Wildman–Crippen MR) is 86.4 cm³/mol. The van der Waals surface area contributed by atoms with E-state index < -0.39 is 10.4 Å². The molecule has 7 heteroatoms. The van der Waals surface area contributed by atoms with Crippen molar-refractivity contribution in [2.75, 3.05) is 0 Å². The minimum atomic E-state index is -4.76. The van der Waals surface area contributed by atoms with Gasteiger partial charge in [0, 0.05) is 17.8 Å². The smallest absolute Gasteiger partial charge is 0.716 e. The van der Waals surface area contributed by atoms with Gasteiger partial charge >= 0.3 is 29.6 Å². The number of Topliss-reactive ketones (excluding diaryl/α,β-unsaturated/α-hetero) is 1. The summed E-state index contributed by atoms with van der Waals surface area (Å²) in [5.41, 5.74) is 3.33. The number of ketones is 1. The van der Waals surface area contributed by atoms with Crippen LogP contribution >= 0.6 is 0 Å². The van der Waals surface area contributed by atoms with Gasteiger partial charge in [0.15, 0.2) is 0 Å². The fraction of sp³-hybridized carbons (Fsp3) is 0.500. The molecule has 0 spiro atoms. The molecule has 4 rings (SSSR count). The predicted octanol–water partition coefficient (Wildman–Crippen LogP) is -0.125. The van der Waals surface area contributed by atoms with Gasteiger partial charge in [-0.2, -0.15) is 0 Å². The van der Waals surface area contributed by atoms with Crippen LogP contribution in [0.25, 0.3) is 0 Å². The first-order chi connectivity index (χ1) is 11.3. The molecule has 0 aromatic heterocycles. The van der Waals surface area contributed by atoms with Gasteiger partial charge in [-0.15, -0.1) is 0 Å². The second-order valence-electron chi connectivity index (χ2n) is 7.28. The Morgan fingerprint density at radius 3 is 2.76 bits per heavy atom. The summed E-state index contributed by atoms with van der Waals surface area (Å²) in [5.74, 6) is 1.07. The molecule has 0 heterocycles. The van der Waals surface area contributed by atoms with Crippen LogP contribution in [0.15, 0.2) is 29.8 Å². The number of hydrogen-bond donors (Lipinski definition) is 0. The van der Waals surface area contributed by atoms with Crippen molar-refractivity contribution in [1.29, 1.82) is 0 Å². The third kappa shape index (κ3) is 3.23. The average Bonchev–Trinajstić information content (AvgIpc) is 2.81. The third-order valence-corrected chi connectivity index (χ3v) is 6.47. The van der Waals surface area contributed by atoms with Crippen molar-refractivity contribution in [3.05, 3.63) is 41.0 Å². The topological polar surface area (TPSA) is 83.5 Å². The van der Waals surface area contributed by atoms with E-state index in [0.717, 1.165) is 24.8 Å². The van der Waals surface area contributed by atoms with E-state index in [2.05, 4.69) is 17.2 Å². The largest absolute Gasteiger partial charge is 1.00 e. The van der Waals surface area contributed by atoms with Crippen LogP contribution in [-0.4, -0.2) is 18.8 Å². The third-order valence-electron chi connectivity index (χ3n) is 6.07. The van der Waals surface area contributed by atoms with E-state index in [4.69, 9.17) is 0 Å². The van der Waals surface area contributed by atoms with E-state index in [1.807, 2.05) is 6.07 Å². The van der Waals surface area contributed by atoms with Crippen LogP contribution in [0, 0.1) is 11.3 Å². The molecule has 0 bridgehead atoms. The first-order valence-corrected chi connectivity index (χ1v) is 9.63. The first-order valence-electron chi connectivity index (χ1n) is 8.29. The number of benzene rings is 1. The minimum absolute atomic E-state index is 0. The second-order valence-corrected chi connectivity index (χ2v) is 8.27. The Labute approximate surface area is 170 Å². The zero-order chi connectivity index (χ0) is 17.1. The summed E-state index contributed by atoms with van der Waals surface area (Å²) in [7, 11) is -4.76. The van der Waals surface area contributed by atoms with Crippen LogP contribution < -0.4 is 33.7 Å².